The third-order valence-corrected chi connectivity index (χ3v) is 4.16. The Morgan fingerprint density at radius 2 is 1.76 bits per heavy atom. The molecule has 0 spiro atoms. The maximum absolute atomic E-state index is 6.30. The molecule has 0 saturated heterocycles. The van der Waals surface area contributed by atoms with E-state index in [2.05, 4.69) is 24.1 Å². The Morgan fingerprint density at radius 3 is 2.43 bits per heavy atom. The van der Waals surface area contributed by atoms with Crippen molar-refractivity contribution >= 4 is 23.2 Å². The number of unbranched alkanes of at least 4 members (excludes halogenated alkanes) is 5. The van der Waals surface area contributed by atoms with Gasteiger partial charge < -0.3 is 5.32 Å². The molecule has 120 valence electrons. The summed E-state index contributed by atoms with van der Waals surface area (Å²) in [6.07, 6.45) is 11.7. The zero-order valence-electron chi connectivity index (χ0n) is 13.3. The molecule has 2 nitrogen and oxygen atoms in total. The van der Waals surface area contributed by atoms with Gasteiger partial charge in [0.25, 0.3) is 0 Å². The van der Waals surface area contributed by atoms with Crippen molar-refractivity contribution in [2.24, 2.45) is 0 Å². The Balaban J connectivity index is 2.50. The SMILES string of the molecule is CCCCCCCCC(NCCC)c1ncc(Cl)cc1Cl. The third kappa shape index (κ3) is 7.49. The van der Waals surface area contributed by atoms with Crippen LogP contribution in [0.5, 0.6) is 0 Å². The van der Waals surface area contributed by atoms with E-state index in [9.17, 15) is 0 Å². The maximum atomic E-state index is 6.30. The Kier molecular flexibility index (Phi) is 10.1. The fourth-order valence-corrected chi connectivity index (χ4v) is 2.98. The van der Waals surface area contributed by atoms with Gasteiger partial charge in [0.2, 0.25) is 0 Å². The van der Waals surface area contributed by atoms with Gasteiger partial charge in [-0.1, -0.05) is 75.6 Å². The lowest BCUT2D eigenvalue weighted by molar-refractivity contribution is 0.458. The summed E-state index contributed by atoms with van der Waals surface area (Å²) in [6, 6.07) is 2.02. The number of pyridine rings is 1. The average molecular weight is 331 g/mol. The summed E-state index contributed by atoms with van der Waals surface area (Å²) in [6.45, 7) is 5.41. The van der Waals surface area contributed by atoms with E-state index < -0.39 is 0 Å². The van der Waals surface area contributed by atoms with Crippen LogP contribution in [0.1, 0.15) is 76.9 Å². The lowest BCUT2D eigenvalue weighted by atomic mass is 10.0. The van der Waals surface area contributed by atoms with E-state index in [4.69, 9.17) is 23.2 Å². The summed E-state index contributed by atoms with van der Waals surface area (Å²) >= 11 is 12.2. The van der Waals surface area contributed by atoms with Gasteiger partial charge in [0.15, 0.2) is 0 Å². The zero-order chi connectivity index (χ0) is 15.5. The molecule has 0 radical (unpaired) electrons. The normalized spacial score (nSPS) is 12.6. The highest BCUT2D eigenvalue weighted by Crippen LogP contribution is 2.27. The van der Waals surface area contributed by atoms with Gasteiger partial charge in [-0.2, -0.15) is 0 Å². The van der Waals surface area contributed by atoms with Gasteiger partial charge in [0, 0.05) is 6.20 Å². The van der Waals surface area contributed by atoms with Crippen LogP contribution in [0, 0.1) is 0 Å². The lowest BCUT2D eigenvalue weighted by Gasteiger charge is -2.19. The van der Waals surface area contributed by atoms with E-state index in [0.29, 0.717) is 10.0 Å². The molecular formula is C17H28Cl2N2. The molecule has 0 aromatic carbocycles. The van der Waals surface area contributed by atoms with Crippen molar-refractivity contribution in [1.29, 1.82) is 0 Å². The molecule has 0 fully saturated rings. The van der Waals surface area contributed by atoms with Crippen molar-refractivity contribution < 1.29 is 0 Å². The van der Waals surface area contributed by atoms with Crippen LogP contribution in [-0.2, 0) is 0 Å². The Hall–Kier alpha value is -0.310. The topological polar surface area (TPSA) is 24.9 Å². The number of halogens is 2. The molecule has 0 amide bonds. The van der Waals surface area contributed by atoms with Gasteiger partial charge in [-0.15, -0.1) is 0 Å². The van der Waals surface area contributed by atoms with Gasteiger partial charge in [-0.25, -0.2) is 0 Å². The average Bonchev–Trinajstić information content (AvgIpc) is 2.46. The Morgan fingerprint density at radius 1 is 1.05 bits per heavy atom. The lowest BCUT2D eigenvalue weighted by Crippen LogP contribution is -2.23. The van der Waals surface area contributed by atoms with Gasteiger partial charge in [-0.3, -0.25) is 4.98 Å². The molecule has 1 aromatic heterocycles. The second-order valence-electron chi connectivity index (χ2n) is 5.58. The molecule has 0 saturated carbocycles. The molecule has 0 aliphatic carbocycles. The van der Waals surface area contributed by atoms with E-state index in [1.54, 1.807) is 12.3 Å². The summed E-state index contributed by atoms with van der Waals surface area (Å²) in [4.78, 5) is 4.43. The highest BCUT2D eigenvalue weighted by molar-refractivity contribution is 6.34. The molecule has 1 heterocycles. The maximum Gasteiger partial charge on any atom is 0.0760 e. The van der Waals surface area contributed by atoms with Crippen molar-refractivity contribution in [2.75, 3.05) is 6.54 Å². The summed E-state index contributed by atoms with van der Waals surface area (Å²) in [5, 5.41) is 4.82. The van der Waals surface area contributed by atoms with Crippen molar-refractivity contribution in [3.63, 3.8) is 0 Å². The standard InChI is InChI=1S/C17H28Cl2N2/c1-3-5-6-7-8-9-10-16(20-11-4-2)17-15(19)12-14(18)13-21-17/h12-13,16,20H,3-11H2,1-2H3. The fourth-order valence-electron chi connectivity index (χ4n) is 2.46. The molecule has 0 aliphatic rings. The van der Waals surface area contributed by atoms with Crippen molar-refractivity contribution in [3.05, 3.63) is 28.0 Å². The number of nitrogens with one attached hydrogen (secondary N) is 1. The van der Waals surface area contributed by atoms with Crippen LogP contribution in [0.25, 0.3) is 0 Å². The van der Waals surface area contributed by atoms with Crippen LogP contribution in [0.4, 0.5) is 0 Å². The molecular weight excluding hydrogens is 303 g/mol. The molecule has 1 N–H and O–H groups in total. The van der Waals surface area contributed by atoms with Gasteiger partial charge >= 0.3 is 0 Å². The minimum atomic E-state index is 0.237. The second kappa shape index (κ2) is 11.3. The minimum absolute atomic E-state index is 0.237. The first-order valence-corrected chi connectivity index (χ1v) is 8.99. The first kappa shape index (κ1) is 18.7. The van der Waals surface area contributed by atoms with Gasteiger partial charge in [0.1, 0.15) is 0 Å². The molecule has 4 heteroatoms. The molecule has 0 bridgehead atoms. The van der Waals surface area contributed by atoms with Crippen LogP contribution in [0.3, 0.4) is 0 Å². The smallest absolute Gasteiger partial charge is 0.0760 e. The fraction of sp³-hybridized carbons (Fsp3) is 0.706. The van der Waals surface area contributed by atoms with E-state index in [0.717, 1.165) is 25.1 Å². The summed E-state index contributed by atoms with van der Waals surface area (Å²) in [5.41, 5.74) is 0.933. The molecule has 21 heavy (non-hydrogen) atoms. The zero-order valence-corrected chi connectivity index (χ0v) is 14.8. The first-order valence-electron chi connectivity index (χ1n) is 8.23. The molecule has 1 unspecified atom stereocenters. The number of rotatable bonds is 11. The van der Waals surface area contributed by atoms with Crippen LogP contribution in [-0.4, -0.2) is 11.5 Å². The van der Waals surface area contributed by atoms with Crippen molar-refractivity contribution in [1.82, 2.24) is 10.3 Å². The van der Waals surface area contributed by atoms with Gasteiger partial charge in [-0.05, 0) is 25.5 Å². The molecule has 0 aliphatic heterocycles. The summed E-state index contributed by atoms with van der Waals surface area (Å²) in [7, 11) is 0. The number of hydrogen-bond acceptors (Lipinski definition) is 2. The summed E-state index contributed by atoms with van der Waals surface area (Å²) < 4.78 is 0. The van der Waals surface area contributed by atoms with Crippen LogP contribution < -0.4 is 5.32 Å². The number of aromatic nitrogens is 1. The quantitative estimate of drug-likeness (QED) is 0.490. The number of nitrogens with zero attached hydrogens (tertiary/aromatic N) is 1. The predicted molar refractivity (Wildman–Crippen MR) is 93.3 cm³/mol. The van der Waals surface area contributed by atoms with E-state index in [1.165, 1.54) is 38.5 Å². The van der Waals surface area contributed by atoms with E-state index in [1.807, 2.05) is 0 Å². The first-order chi connectivity index (χ1) is 10.2. The summed E-state index contributed by atoms with van der Waals surface area (Å²) in [5.74, 6) is 0. The minimum Gasteiger partial charge on any atom is -0.309 e. The van der Waals surface area contributed by atoms with Crippen LogP contribution in [0.15, 0.2) is 12.3 Å². The van der Waals surface area contributed by atoms with E-state index >= 15 is 0 Å². The van der Waals surface area contributed by atoms with E-state index in [-0.39, 0.29) is 6.04 Å². The van der Waals surface area contributed by atoms with Crippen molar-refractivity contribution in [3.8, 4) is 0 Å². The third-order valence-electron chi connectivity index (χ3n) is 3.65. The second-order valence-corrected chi connectivity index (χ2v) is 6.43. The highest BCUT2D eigenvalue weighted by atomic mass is 35.5. The molecule has 1 rings (SSSR count). The van der Waals surface area contributed by atoms with Crippen molar-refractivity contribution in [2.45, 2.75) is 71.3 Å². The predicted octanol–water partition coefficient (Wildman–Crippen LogP) is 6.18. The Labute approximate surface area is 139 Å². The monoisotopic (exact) mass is 330 g/mol. The van der Waals surface area contributed by atoms with Gasteiger partial charge in [0.05, 0.1) is 21.8 Å². The van der Waals surface area contributed by atoms with Crippen LogP contribution >= 0.6 is 23.2 Å². The molecule has 1 aromatic rings. The number of hydrogen-bond donors (Lipinski definition) is 1. The highest BCUT2D eigenvalue weighted by Gasteiger charge is 2.15. The largest absolute Gasteiger partial charge is 0.309 e. The van der Waals surface area contributed by atoms with Crippen LogP contribution in [0.2, 0.25) is 10.0 Å². The Bertz CT molecular complexity index is 396. The molecule has 1 atom stereocenters.